The molecule has 1 saturated carbocycles. The average Bonchev–Trinajstić information content (AvgIpc) is 2.10. The second kappa shape index (κ2) is 7.03. The Kier molecular flexibility index (Phi) is 6.98. The van der Waals surface area contributed by atoms with Gasteiger partial charge in [-0.2, -0.15) is 0 Å². The van der Waals surface area contributed by atoms with E-state index in [9.17, 15) is 0 Å². The van der Waals surface area contributed by atoms with Gasteiger partial charge in [0.1, 0.15) is 0 Å². The van der Waals surface area contributed by atoms with E-state index in [0.717, 1.165) is 7.11 Å². The summed E-state index contributed by atoms with van der Waals surface area (Å²) in [6, 6.07) is 0. The zero-order valence-electron chi connectivity index (χ0n) is 6.71. The summed E-state index contributed by atoms with van der Waals surface area (Å²) in [6.07, 6.45) is 6.58. The molecule has 0 saturated heterocycles. The lowest BCUT2D eigenvalue weighted by atomic mass is 9.90. The van der Waals surface area contributed by atoms with Gasteiger partial charge in [-0.25, -0.2) is 0 Å². The Morgan fingerprint density at radius 2 is 1.60 bits per heavy atom. The van der Waals surface area contributed by atoms with Gasteiger partial charge in [-0.05, 0) is 18.8 Å². The second-order valence-electron chi connectivity index (χ2n) is 2.69. The highest BCUT2D eigenvalue weighted by Gasteiger charge is 2.10. The molecule has 1 aliphatic rings. The second-order valence-corrected chi connectivity index (χ2v) is 2.69. The molecule has 0 aromatic carbocycles. The molecule has 0 amide bonds. The van der Waals surface area contributed by atoms with Gasteiger partial charge in [0, 0.05) is 13.7 Å². The molecule has 0 radical (unpaired) electrons. The lowest BCUT2D eigenvalue weighted by Crippen LogP contribution is -2.09. The first-order valence-electron chi connectivity index (χ1n) is 3.99. The zero-order valence-corrected chi connectivity index (χ0v) is 6.71. The minimum absolute atomic E-state index is 0.417. The number of hydrogen-bond donors (Lipinski definition) is 2. The summed E-state index contributed by atoms with van der Waals surface area (Å²) in [5, 5.41) is 15.7. The Bertz CT molecular complexity index is 58.3. The van der Waals surface area contributed by atoms with Gasteiger partial charge >= 0.3 is 0 Å². The van der Waals surface area contributed by atoms with Crippen molar-refractivity contribution in [2.75, 3.05) is 13.7 Å². The average molecular weight is 146 g/mol. The topological polar surface area (TPSA) is 40.5 Å². The van der Waals surface area contributed by atoms with Gasteiger partial charge in [-0.15, -0.1) is 0 Å². The van der Waals surface area contributed by atoms with Gasteiger partial charge in [0.2, 0.25) is 0 Å². The predicted octanol–water partition coefficient (Wildman–Crippen LogP) is 1.17. The van der Waals surface area contributed by atoms with Crippen LogP contribution in [0.1, 0.15) is 32.1 Å². The van der Waals surface area contributed by atoms with Gasteiger partial charge in [0.25, 0.3) is 0 Å². The van der Waals surface area contributed by atoms with Gasteiger partial charge in [0.15, 0.2) is 0 Å². The first kappa shape index (κ1) is 9.92. The Morgan fingerprint density at radius 3 is 1.90 bits per heavy atom. The monoisotopic (exact) mass is 146 g/mol. The molecule has 0 aromatic rings. The lowest BCUT2D eigenvalue weighted by Gasteiger charge is -2.18. The Hall–Kier alpha value is -0.0800. The maximum atomic E-state index is 8.69. The first-order chi connectivity index (χ1) is 4.93. The highest BCUT2D eigenvalue weighted by molar-refractivity contribution is 4.63. The summed E-state index contributed by atoms with van der Waals surface area (Å²) in [5.74, 6) is 0.642. The van der Waals surface area contributed by atoms with Crippen LogP contribution in [0.3, 0.4) is 0 Å². The van der Waals surface area contributed by atoms with Crippen molar-refractivity contribution >= 4 is 0 Å². The third-order valence-corrected chi connectivity index (χ3v) is 1.98. The Morgan fingerprint density at radius 1 is 1.10 bits per heavy atom. The predicted molar refractivity (Wildman–Crippen MR) is 41.8 cm³/mol. The molecule has 0 bridgehead atoms. The van der Waals surface area contributed by atoms with E-state index in [-0.39, 0.29) is 0 Å². The molecule has 1 rings (SSSR count). The molecule has 0 aliphatic heterocycles. The van der Waals surface area contributed by atoms with Crippen LogP contribution in [0, 0.1) is 5.92 Å². The third kappa shape index (κ3) is 3.85. The van der Waals surface area contributed by atoms with Crippen LogP contribution >= 0.6 is 0 Å². The van der Waals surface area contributed by atoms with E-state index in [0.29, 0.717) is 12.5 Å². The Balaban J connectivity index is 0.000000371. The molecule has 10 heavy (non-hydrogen) atoms. The molecule has 2 heteroatoms. The van der Waals surface area contributed by atoms with Crippen molar-refractivity contribution in [3.05, 3.63) is 0 Å². The van der Waals surface area contributed by atoms with E-state index in [1.54, 1.807) is 0 Å². The van der Waals surface area contributed by atoms with Crippen LogP contribution < -0.4 is 0 Å². The normalized spacial score (nSPS) is 19.5. The summed E-state index contributed by atoms with van der Waals surface area (Å²) in [5.41, 5.74) is 0. The van der Waals surface area contributed by atoms with E-state index in [2.05, 4.69) is 0 Å². The van der Waals surface area contributed by atoms with Gasteiger partial charge in [0.05, 0.1) is 0 Å². The standard InChI is InChI=1S/C7H14O.CH4O/c8-6-7-4-2-1-3-5-7;1-2/h7-8H,1-6H2;2H,1H3. The van der Waals surface area contributed by atoms with Crippen LogP contribution in [0.5, 0.6) is 0 Å². The van der Waals surface area contributed by atoms with E-state index in [1.807, 2.05) is 0 Å². The maximum Gasteiger partial charge on any atom is 0.0459 e. The van der Waals surface area contributed by atoms with Crippen molar-refractivity contribution in [1.29, 1.82) is 0 Å². The molecule has 0 atom stereocenters. The van der Waals surface area contributed by atoms with Gasteiger partial charge < -0.3 is 10.2 Å². The molecule has 1 aliphatic carbocycles. The van der Waals surface area contributed by atoms with Crippen molar-refractivity contribution in [1.82, 2.24) is 0 Å². The molecular weight excluding hydrogens is 128 g/mol. The van der Waals surface area contributed by atoms with Gasteiger partial charge in [-0.3, -0.25) is 0 Å². The van der Waals surface area contributed by atoms with Crippen LogP contribution in [-0.4, -0.2) is 23.9 Å². The van der Waals surface area contributed by atoms with Crippen LogP contribution in [0.15, 0.2) is 0 Å². The lowest BCUT2D eigenvalue weighted by molar-refractivity contribution is 0.190. The van der Waals surface area contributed by atoms with E-state index >= 15 is 0 Å². The van der Waals surface area contributed by atoms with Crippen molar-refractivity contribution in [2.45, 2.75) is 32.1 Å². The van der Waals surface area contributed by atoms with Crippen molar-refractivity contribution < 1.29 is 10.2 Å². The minimum atomic E-state index is 0.417. The number of aliphatic hydroxyl groups is 2. The summed E-state index contributed by atoms with van der Waals surface area (Å²) >= 11 is 0. The van der Waals surface area contributed by atoms with E-state index < -0.39 is 0 Å². The smallest absolute Gasteiger partial charge is 0.0459 e. The Labute approximate surface area is 62.9 Å². The largest absolute Gasteiger partial charge is 0.400 e. The van der Waals surface area contributed by atoms with Crippen LogP contribution in [-0.2, 0) is 0 Å². The number of aliphatic hydroxyl groups excluding tert-OH is 2. The first-order valence-corrected chi connectivity index (χ1v) is 3.99. The molecule has 0 spiro atoms. The third-order valence-electron chi connectivity index (χ3n) is 1.98. The molecule has 62 valence electrons. The molecule has 2 nitrogen and oxygen atoms in total. The highest BCUT2D eigenvalue weighted by atomic mass is 16.3. The SMILES string of the molecule is CO.OCC1CCCCC1. The number of hydrogen-bond acceptors (Lipinski definition) is 2. The molecule has 0 unspecified atom stereocenters. The fourth-order valence-corrected chi connectivity index (χ4v) is 1.37. The van der Waals surface area contributed by atoms with Gasteiger partial charge in [-0.1, -0.05) is 19.3 Å². The summed E-state index contributed by atoms with van der Waals surface area (Å²) in [4.78, 5) is 0. The summed E-state index contributed by atoms with van der Waals surface area (Å²) < 4.78 is 0. The maximum absolute atomic E-state index is 8.69. The fraction of sp³-hybridized carbons (Fsp3) is 1.00. The van der Waals surface area contributed by atoms with Crippen LogP contribution in [0.2, 0.25) is 0 Å². The summed E-state index contributed by atoms with van der Waals surface area (Å²) in [7, 11) is 1.00. The van der Waals surface area contributed by atoms with Crippen molar-refractivity contribution in [3.8, 4) is 0 Å². The minimum Gasteiger partial charge on any atom is -0.400 e. The van der Waals surface area contributed by atoms with Crippen LogP contribution in [0.25, 0.3) is 0 Å². The fourth-order valence-electron chi connectivity index (χ4n) is 1.37. The molecule has 1 fully saturated rings. The molecule has 2 N–H and O–H groups in total. The van der Waals surface area contributed by atoms with Crippen molar-refractivity contribution in [2.24, 2.45) is 5.92 Å². The molecule has 0 aromatic heterocycles. The van der Waals surface area contributed by atoms with E-state index in [1.165, 1.54) is 32.1 Å². The van der Waals surface area contributed by atoms with Crippen LogP contribution in [0.4, 0.5) is 0 Å². The van der Waals surface area contributed by atoms with E-state index in [4.69, 9.17) is 10.2 Å². The quantitative estimate of drug-likeness (QED) is 0.583. The number of rotatable bonds is 1. The summed E-state index contributed by atoms with van der Waals surface area (Å²) in [6.45, 7) is 0.417. The zero-order chi connectivity index (χ0) is 7.82. The van der Waals surface area contributed by atoms with Crippen molar-refractivity contribution in [3.63, 3.8) is 0 Å². The molecular formula is C8H18O2. The highest BCUT2D eigenvalue weighted by Crippen LogP contribution is 2.22. The molecule has 0 heterocycles.